The van der Waals surface area contributed by atoms with E-state index in [4.69, 9.17) is 9.97 Å². The monoisotopic (exact) mass is 339 g/mol. The SMILES string of the molecule is c1ccc(CCNc2nc(Cc3ccccc3)nc3ccccc23)cc1. The van der Waals surface area contributed by atoms with Gasteiger partial charge in [0.05, 0.1) is 5.52 Å². The molecule has 4 aromatic rings. The standard InChI is InChI=1S/C23H21N3/c1-3-9-18(10-4-1)15-16-24-23-20-13-7-8-14-21(20)25-22(26-23)17-19-11-5-2-6-12-19/h1-14H,15-17H2,(H,24,25,26). The van der Waals surface area contributed by atoms with Crippen LogP contribution in [-0.2, 0) is 12.8 Å². The lowest BCUT2D eigenvalue weighted by atomic mass is 10.1. The van der Waals surface area contributed by atoms with E-state index in [1.165, 1.54) is 11.1 Å². The molecule has 0 aliphatic carbocycles. The Labute approximate surface area is 153 Å². The Morgan fingerprint density at radius 2 is 1.31 bits per heavy atom. The quantitative estimate of drug-likeness (QED) is 0.544. The molecule has 0 spiro atoms. The minimum atomic E-state index is 0.735. The van der Waals surface area contributed by atoms with Crippen molar-refractivity contribution in [1.29, 1.82) is 0 Å². The number of fused-ring (bicyclic) bond motifs is 1. The molecule has 3 heteroatoms. The van der Waals surface area contributed by atoms with E-state index in [0.717, 1.165) is 41.9 Å². The maximum Gasteiger partial charge on any atom is 0.137 e. The van der Waals surface area contributed by atoms with E-state index in [9.17, 15) is 0 Å². The molecule has 0 radical (unpaired) electrons. The highest BCUT2D eigenvalue weighted by Crippen LogP contribution is 2.21. The van der Waals surface area contributed by atoms with Gasteiger partial charge in [-0.05, 0) is 29.7 Å². The first-order valence-corrected chi connectivity index (χ1v) is 8.96. The number of nitrogens with zero attached hydrogens (tertiary/aromatic N) is 2. The summed E-state index contributed by atoms with van der Waals surface area (Å²) in [4.78, 5) is 9.55. The summed E-state index contributed by atoms with van der Waals surface area (Å²) in [5.74, 6) is 1.76. The topological polar surface area (TPSA) is 37.8 Å². The first-order valence-electron chi connectivity index (χ1n) is 8.96. The summed E-state index contributed by atoms with van der Waals surface area (Å²) in [5, 5.41) is 4.58. The van der Waals surface area contributed by atoms with E-state index in [1.54, 1.807) is 0 Å². The predicted octanol–water partition coefficient (Wildman–Crippen LogP) is 4.88. The summed E-state index contributed by atoms with van der Waals surface area (Å²) in [6.07, 6.45) is 1.70. The Bertz CT molecular complexity index is 982. The van der Waals surface area contributed by atoms with E-state index in [0.29, 0.717) is 0 Å². The van der Waals surface area contributed by atoms with E-state index in [-0.39, 0.29) is 0 Å². The molecule has 0 amide bonds. The second-order valence-corrected chi connectivity index (χ2v) is 6.33. The fraction of sp³-hybridized carbons (Fsp3) is 0.130. The lowest BCUT2D eigenvalue weighted by Gasteiger charge is -2.11. The molecule has 0 saturated carbocycles. The minimum absolute atomic E-state index is 0.735. The lowest BCUT2D eigenvalue weighted by molar-refractivity contribution is 0.964. The van der Waals surface area contributed by atoms with Crippen LogP contribution in [0.5, 0.6) is 0 Å². The third-order valence-corrected chi connectivity index (χ3v) is 4.40. The van der Waals surface area contributed by atoms with E-state index >= 15 is 0 Å². The van der Waals surface area contributed by atoms with Gasteiger partial charge in [-0.1, -0.05) is 72.8 Å². The average Bonchev–Trinajstić information content (AvgIpc) is 2.69. The van der Waals surface area contributed by atoms with Crippen molar-refractivity contribution in [3.8, 4) is 0 Å². The van der Waals surface area contributed by atoms with Gasteiger partial charge in [0.15, 0.2) is 0 Å². The molecule has 1 N–H and O–H groups in total. The van der Waals surface area contributed by atoms with Crippen molar-refractivity contribution in [1.82, 2.24) is 9.97 Å². The fourth-order valence-corrected chi connectivity index (χ4v) is 3.09. The van der Waals surface area contributed by atoms with Gasteiger partial charge in [0.2, 0.25) is 0 Å². The van der Waals surface area contributed by atoms with Crippen LogP contribution in [0.4, 0.5) is 5.82 Å². The summed E-state index contributed by atoms with van der Waals surface area (Å²) in [6, 6.07) is 29.0. The molecule has 0 fully saturated rings. The van der Waals surface area contributed by atoms with E-state index < -0.39 is 0 Å². The van der Waals surface area contributed by atoms with Crippen molar-refractivity contribution in [2.24, 2.45) is 0 Å². The predicted molar refractivity (Wildman–Crippen MR) is 107 cm³/mol. The van der Waals surface area contributed by atoms with Gasteiger partial charge in [-0.3, -0.25) is 0 Å². The number of rotatable bonds is 6. The maximum atomic E-state index is 4.81. The third-order valence-electron chi connectivity index (χ3n) is 4.40. The van der Waals surface area contributed by atoms with Crippen LogP contribution in [0.15, 0.2) is 84.9 Å². The third kappa shape index (κ3) is 3.89. The van der Waals surface area contributed by atoms with Gasteiger partial charge in [0.1, 0.15) is 11.6 Å². The van der Waals surface area contributed by atoms with Crippen molar-refractivity contribution in [2.75, 3.05) is 11.9 Å². The highest BCUT2D eigenvalue weighted by atomic mass is 15.0. The zero-order chi connectivity index (χ0) is 17.6. The number of nitrogens with one attached hydrogen (secondary N) is 1. The zero-order valence-electron chi connectivity index (χ0n) is 14.6. The van der Waals surface area contributed by atoms with Gasteiger partial charge >= 0.3 is 0 Å². The lowest BCUT2D eigenvalue weighted by Crippen LogP contribution is -2.09. The average molecular weight is 339 g/mol. The molecule has 0 saturated heterocycles. The fourth-order valence-electron chi connectivity index (χ4n) is 3.09. The smallest absolute Gasteiger partial charge is 0.137 e. The Balaban J connectivity index is 1.57. The van der Waals surface area contributed by atoms with Gasteiger partial charge in [-0.25, -0.2) is 9.97 Å². The minimum Gasteiger partial charge on any atom is -0.369 e. The van der Waals surface area contributed by atoms with Gasteiger partial charge in [0.25, 0.3) is 0 Å². The molecule has 1 aromatic heterocycles. The summed E-state index contributed by atoms with van der Waals surface area (Å²) in [5.41, 5.74) is 3.52. The normalized spacial score (nSPS) is 10.8. The van der Waals surface area contributed by atoms with Crippen molar-refractivity contribution in [3.63, 3.8) is 0 Å². The van der Waals surface area contributed by atoms with Crippen LogP contribution in [0.1, 0.15) is 17.0 Å². The van der Waals surface area contributed by atoms with Crippen LogP contribution < -0.4 is 5.32 Å². The highest BCUT2D eigenvalue weighted by molar-refractivity contribution is 5.89. The molecule has 0 bridgehead atoms. The van der Waals surface area contributed by atoms with Crippen molar-refractivity contribution in [2.45, 2.75) is 12.8 Å². The van der Waals surface area contributed by atoms with Gasteiger partial charge < -0.3 is 5.32 Å². The molecule has 4 rings (SSSR count). The van der Waals surface area contributed by atoms with Gasteiger partial charge in [0, 0.05) is 18.4 Å². The molecule has 3 nitrogen and oxygen atoms in total. The molecule has 0 unspecified atom stereocenters. The van der Waals surface area contributed by atoms with Gasteiger partial charge in [-0.15, -0.1) is 0 Å². The van der Waals surface area contributed by atoms with Crippen LogP contribution in [0, 0.1) is 0 Å². The van der Waals surface area contributed by atoms with Crippen LogP contribution in [0.2, 0.25) is 0 Å². The molecule has 128 valence electrons. The van der Waals surface area contributed by atoms with E-state index in [1.807, 2.05) is 30.3 Å². The molecule has 0 aliphatic heterocycles. The summed E-state index contributed by atoms with van der Waals surface area (Å²) < 4.78 is 0. The number of hydrogen-bond acceptors (Lipinski definition) is 3. The van der Waals surface area contributed by atoms with Crippen LogP contribution in [0.3, 0.4) is 0 Å². The maximum absolute atomic E-state index is 4.81. The van der Waals surface area contributed by atoms with Crippen LogP contribution in [-0.4, -0.2) is 16.5 Å². The van der Waals surface area contributed by atoms with Crippen molar-refractivity contribution in [3.05, 3.63) is 102 Å². The number of aromatic nitrogens is 2. The Morgan fingerprint density at radius 1 is 0.654 bits per heavy atom. The van der Waals surface area contributed by atoms with Crippen LogP contribution in [0.25, 0.3) is 10.9 Å². The Morgan fingerprint density at radius 3 is 2.08 bits per heavy atom. The summed E-state index contributed by atoms with van der Waals surface area (Å²) in [6.45, 7) is 0.843. The van der Waals surface area contributed by atoms with Crippen LogP contribution >= 0.6 is 0 Å². The zero-order valence-corrected chi connectivity index (χ0v) is 14.6. The molecule has 26 heavy (non-hydrogen) atoms. The molecule has 0 atom stereocenters. The molecule has 3 aromatic carbocycles. The molecular weight excluding hydrogens is 318 g/mol. The largest absolute Gasteiger partial charge is 0.369 e. The van der Waals surface area contributed by atoms with Crippen molar-refractivity contribution < 1.29 is 0 Å². The number of benzene rings is 3. The second-order valence-electron chi connectivity index (χ2n) is 6.33. The number of hydrogen-bond donors (Lipinski definition) is 1. The van der Waals surface area contributed by atoms with Crippen molar-refractivity contribution >= 4 is 16.7 Å². The molecular formula is C23H21N3. The summed E-state index contributed by atoms with van der Waals surface area (Å²) in [7, 11) is 0. The number of anilines is 1. The van der Waals surface area contributed by atoms with Gasteiger partial charge in [-0.2, -0.15) is 0 Å². The van der Waals surface area contributed by atoms with E-state index in [2.05, 4.69) is 59.9 Å². The Kier molecular flexibility index (Phi) is 4.88. The molecule has 1 heterocycles. The Hall–Kier alpha value is -3.20. The second kappa shape index (κ2) is 7.79. The first kappa shape index (κ1) is 16.3. The molecule has 0 aliphatic rings. The first-order chi connectivity index (χ1) is 12.9. The highest BCUT2D eigenvalue weighted by Gasteiger charge is 2.08. The summed E-state index contributed by atoms with van der Waals surface area (Å²) >= 11 is 0. The number of para-hydroxylation sites is 1.